The molecule has 0 fully saturated rings. The van der Waals surface area contributed by atoms with E-state index in [9.17, 15) is 13.2 Å². The molecule has 1 N–H and O–H groups in total. The van der Waals surface area contributed by atoms with E-state index < -0.39 is 16.0 Å². The van der Waals surface area contributed by atoms with E-state index in [1.54, 1.807) is 18.7 Å². The molecule has 1 unspecified atom stereocenters. The lowest BCUT2D eigenvalue weighted by molar-refractivity contribution is 0.0696. The number of rotatable bonds is 7. The Morgan fingerprint density at radius 2 is 2.05 bits per heavy atom. The van der Waals surface area contributed by atoms with E-state index in [2.05, 4.69) is 0 Å². The Balaban J connectivity index is 3.18. The zero-order valence-corrected chi connectivity index (χ0v) is 14.3. The van der Waals surface area contributed by atoms with E-state index in [-0.39, 0.29) is 16.5 Å². The third kappa shape index (κ3) is 4.21. The van der Waals surface area contributed by atoms with Crippen LogP contribution in [0.4, 0.5) is 0 Å². The molecule has 118 valence electrons. The molecule has 0 aliphatic rings. The van der Waals surface area contributed by atoms with Crippen molar-refractivity contribution < 1.29 is 18.3 Å². The standard InChI is InChI=1S/C14H21NO4S2/c1-10-5-6-12(14(16)17)9-13(10)21(18,19)15(3)11(2)7-8-20-4/h5-6,9,11H,7-8H2,1-4H3,(H,16,17). The average molecular weight is 331 g/mol. The molecule has 21 heavy (non-hydrogen) atoms. The fourth-order valence-electron chi connectivity index (χ4n) is 1.87. The number of nitrogens with zero attached hydrogens (tertiary/aromatic N) is 1. The first-order chi connectivity index (χ1) is 9.71. The summed E-state index contributed by atoms with van der Waals surface area (Å²) in [5.74, 6) is -0.264. The van der Waals surface area contributed by atoms with Crippen LogP contribution in [0.15, 0.2) is 23.1 Å². The quantitative estimate of drug-likeness (QED) is 0.831. The minimum Gasteiger partial charge on any atom is -0.478 e. The number of carboxylic acid groups (broad SMARTS) is 1. The van der Waals surface area contributed by atoms with Crippen LogP contribution in [-0.2, 0) is 10.0 Å². The molecule has 1 rings (SSSR count). The lowest BCUT2D eigenvalue weighted by atomic mass is 10.1. The van der Waals surface area contributed by atoms with Crippen LogP contribution in [0.5, 0.6) is 0 Å². The predicted octanol–water partition coefficient (Wildman–Crippen LogP) is 2.46. The van der Waals surface area contributed by atoms with E-state index in [0.717, 1.165) is 12.2 Å². The largest absolute Gasteiger partial charge is 0.478 e. The van der Waals surface area contributed by atoms with Gasteiger partial charge in [0.15, 0.2) is 0 Å². The van der Waals surface area contributed by atoms with Crippen LogP contribution in [0.1, 0.15) is 29.3 Å². The summed E-state index contributed by atoms with van der Waals surface area (Å²) in [7, 11) is -2.16. The molecular weight excluding hydrogens is 310 g/mol. The number of thioether (sulfide) groups is 1. The van der Waals surface area contributed by atoms with Gasteiger partial charge in [0.1, 0.15) is 0 Å². The second-order valence-corrected chi connectivity index (χ2v) is 7.89. The number of aromatic carboxylic acids is 1. The minimum atomic E-state index is -3.69. The molecule has 1 aromatic carbocycles. The monoisotopic (exact) mass is 331 g/mol. The first-order valence-corrected chi connectivity index (χ1v) is 9.36. The number of aryl methyl sites for hydroxylation is 1. The zero-order valence-electron chi connectivity index (χ0n) is 12.7. The Bertz CT molecular complexity index is 613. The first-order valence-electron chi connectivity index (χ1n) is 6.52. The fourth-order valence-corrected chi connectivity index (χ4v) is 4.09. The van der Waals surface area contributed by atoms with Crippen molar-refractivity contribution in [1.82, 2.24) is 4.31 Å². The van der Waals surface area contributed by atoms with Crippen LogP contribution >= 0.6 is 11.8 Å². The van der Waals surface area contributed by atoms with Gasteiger partial charge in [0.25, 0.3) is 0 Å². The number of benzene rings is 1. The van der Waals surface area contributed by atoms with Crippen LogP contribution in [0, 0.1) is 6.92 Å². The molecule has 7 heteroatoms. The number of sulfonamides is 1. The van der Waals surface area contributed by atoms with Crippen LogP contribution in [0.3, 0.4) is 0 Å². The molecule has 0 spiro atoms. The summed E-state index contributed by atoms with van der Waals surface area (Å²) in [6.45, 7) is 3.52. The second-order valence-electron chi connectivity index (χ2n) is 4.94. The van der Waals surface area contributed by atoms with Gasteiger partial charge in [0.05, 0.1) is 10.5 Å². The molecule has 5 nitrogen and oxygen atoms in total. The molecule has 1 atom stereocenters. The summed E-state index contributed by atoms with van der Waals surface area (Å²) in [5, 5.41) is 9.02. The Morgan fingerprint density at radius 3 is 2.57 bits per heavy atom. The summed E-state index contributed by atoms with van der Waals surface area (Å²) in [4.78, 5) is 11.1. The van der Waals surface area contributed by atoms with Crippen LogP contribution in [-0.4, -0.2) is 48.9 Å². The van der Waals surface area contributed by atoms with Gasteiger partial charge in [-0.2, -0.15) is 16.1 Å². The molecule has 0 aliphatic heterocycles. The summed E-state index contributed by atoms with van der Waals surface area (Å²) < 4.78 is 26.6. The maximum atomic E-state index is 12.7. The van der Waals surface area contributed by atoms with Crippen molar-refractivity contribution in [2.24, 2.45) is 0 Å². The van der Waals surface area contributed by atoms with Crippen molar-refractivity contribution in [3.05, 3.63) is 29.3 Å². The molecule has 0 saturated heterocycles. The summed E-state index contributed by atoms with van der Waals surface area (Å²) in [5.41, 5.74) is 0.522. The van der Waals surface area contributed by atoms with Crippen molar-refractivity contribution in [2.45, 2.75) is 31.2 Å². The lowest BCUT2D eigenvalue weighted by Gasteiger charge is -2.25. The smallest absolute Gasteiger partial charge is 0.335 e. The molecule has 0 aliphatic carbocycles. The first kappa shape index (κ1) is 18.0. The highest BCUT2D eigenvalue weighted by atomic mass is 32.2. The van der Waals surface area contributed by atoms with E-state index >= 15 is 0 Å². The Morgan fingerprint density at radius 1 is 1.43 bits per heavy atom. The highest BCUT2D eigenvalue weighted by Gasteiger charge is 2.27. The average Bonchev–Trinajstić information content (AvgIpc) is 2.43. The third-order valence-electron chi connectivity index (χ3n) is 3.45. The molecule has 0 bridgehead atoms. The van der Waals surface area contributed by atoms with Gasteiger partial charge in [-0.15, -0.1) is 0 Å². The predicted molar refractivity (Wildman–Crippen MR) is 85.5 cm³/mol. The second kappa shape index (κ2) is 7.29. The molecule has 0 aromatic heterocycles. The summed E-state index contributed by atoms with van der Waals surface area (Å²) in [6.07, 6.45) is 2.72. The summed E-state index contributed by atoms with van der Waals surface area (Å²) >= 11 is 1.66. The SMILES string of the molecule is CSCCC(C)N(C)S(=O)(=O)c1cc(C(=O)O)ccc1C. The fraction of sp³-hybridized carbons (Fsp3) is 0.500. The number of carboxylic acids is 1. The number of hydrogen-bond acceptors (Lipinski definition) is 4. The maximum Gasteiger partial charge on any atom is 0.335 e. The van der Waals surface area contributed by atoms with Gasteiger partial charge >= 0.3 is 5.97 Å². The van der Waals surface area contributed by atoms with E-state index in [1.807, 2.05) is 13.2 Å². The molecule has 0 amide bonds. The molecular formula is C14H21NO4S2. The summed E-state index contributed by atoms with van der Waals surface area (Å²) in [6, 6.07) is 4.02. The van der Waals surface area contributed by atoms with Crippen molar-refractivity contribution in [2.75, 3.05) is 19.1 Å². The van der Waals surface area contributed by atoms with E-state index in [0.29, 0.717) is 5.56 Å². The third-order valence-corrected chi connectivity index (χ3v) is 6.21. The van der Waals surface area contributed by atoms with Crippen molar-refractivity contribution in [1.29, 1.82) is 0 Å². The van der Waals surface area contributed by atoms with Crippen molar-refractivity contribution in [3.8, 4) is 0 Å². The van der Waals surface area contributed by atoms with Crippen LogP contribution < -0.4 is 0 Å². The van der Waals surface area contributed by atoms with Gasteiger partial charge < -0.3 is 5.11 Å². The molecule has 1 aromatic rings. The van der Waals surface area contributed by atoms with E-state index in [4.69, 9.17) is 5.11 Å². The number of hydrogen-bond donors (Lipinski definition) is 1. The van der Waals surface area contributed by atoms with Gasteiger partial charge in [-0.25, -0.2) is 13.2 Å². The molecule has 0 radical (unpaired) electrons. The Labute approximate surface area is 130 Å². The number of carbonyl (C=O) groups is 1. The molecule has 0 heterocycles. The van der Waals surface area contributed by atoms with Crippen molar-refractivity contribution in [3.63, 3.8) is 0 Å². The highest BCUT2D eigenvalue weighted by Crippen LogP contribution is 2.23. The maximum absolute atomic E-state index is 12.7. The van der Waals surface area contributed by atoms with Gasteiger partial charge in [-0.1, -0.05) is 6.07 Å². The minimum absolute atomic E-state index is 0.0238. The lowest BCUT2D eigenvalue weighted by Crippen LogP contribution is -2.35. The normalized spacial score (nSPS) is 13.4. The van der Waals surface area contributed by atoms with Gasteiger partial charge in [-0.05, 0) is 50.0 Å². The van der Waals surface area contributed by atoms with Gasteiger partial charge in [-0.3, -0.25) is 0 Å². The zero-order chi connectivity index (χ0) is 16.2. The van der Waals surface area contributed by atoms with Gasteiger partial charge in [0.2, 0.25) is 10.0 Å². The Hall–Kier alpha value is -1.05. The van der Waals surface area contributed by atoms with E-state index in [1.165, 1.54) is 29.6 Å². The van der Waals surface area contributed by atoms with Crippen LogP contribution in [0.25, 0.3) is 0 Å². The highest BCUT2D eigenvalue weighted by molar-refractivity contribution is 7.98. The van der Waals surface area contributed by atoms with Crippen molar-refractivity contribution >= 4 is 27.8 Å². The molecule has 0 saturated carbocycles. The van der Waals surface area contributed by atoms with Gasteiger partial charge in [0, 0.05) is 13.1 Å². The Kier molecular flexibility index (Phi) is 6.24. The van der Waals surface area contributed by atoms with Crippen LogP contribution in [0.2, 0.25) is 0 Å². The topological polar surface area (TPSA) is 74.7 Å².